The van der Waals surface area contributed by atoms with E-state index in [-0.39, 0.29) is 9.88 Å². The number of hydrogen-bond acceptors (Lipinski definition) is 5. The molecule has 1 fully saturated rings. The molecule has 20 heavy (non-hydrogen) atoms. The van der Waals surface area contributed by atoms with Crippen molar-refractivity contribution >= 4 is 27.2 Å². The highest BCUT2D eigenvalue weighted by atomic mass is 32.2. The molecule has 6 nitrogen and oxygen atoms in total. The minimum atomic E-state index is -3.54. The molecule has 8 heteroatoms. The number of thiocarbonyl (C=S) groups is 1. The molecule has 0 aliphatic carbocycles. The fourth-order valence-corrected chi connectivity index (χ4v) is 3.13. The molecular formula is C12H17N3O3S2. The standard InChI is InChI=1S/C12H17N3O3S2/c13-12(19)11-2-1-10(8-14-11)20(16,17)15-7-9-3-5-18-6-4-9/h1-2,8-9,15H,3-7H2,(H2,13,19). The summed E-state index contributed by atoms with van der Waals surface area (Å²) in [5, 5.41) is 0. The van der Waals surface area contributed by atoms with Crippen molar-refractivity contribution < 1.29 is 13.2 Å². The van der Waals surface area contributed by atoms with E-state index in [1.165, 1.54) is 18.3 Å². The van der Waals surface area contributed by atoms with Crippen LogP contribution in [0.1, 0.15) is 18.5 Å². The van der Waals surface area contributed by atoms with Crippen LogP contribution in [0.2, 0.25) is 0 Å². The molecule has 0 radical (unpaired) electrons. The molecule has 0 bridgehead atoms. The van der Waals surface area contributed by atoms with Crippen LogP contribution in [0.25, 0.3) is 0 Å². The van der Waals surface area contributed by atoms with Crippen LogP contribution >= 0.6 is 12.2 Å². The van der Waals surface area contributed by atoms with Gasteiger partial charge < -0.3 is 10.5 Å². The number of nitrogens with one attached hydrogen (secondary N) is 1. The Bertz CT molecular complexity index is 566. The van der Waals surface area contributed by atoms with Crippen molar-refractivity contribution in [2.24, 2.45) is 11.7 Å². The topological polar surface area (TPSA) is 94.3 Å². The lowest BCUT2D eigenvalue weighted by Gasteiger charge is -2.22. The Morgan fingerprint density at radius 2 is 2.15 bits per heavy atom. The maximum atomic E-state index is 12.1. The molecular weight excluding hydrogens is 298 g/mol. The summed E-state index contributed by atoms with van der Waals surface area (Å²) < 4.78 is 32.1. The minimum Gasteiger partial charge on any atom is -0.388 e. The van der Waals surface area contributed by atoms with E-state index < -0.39 is 10.0 Å². The van der Waals surface area contributed by atoms with Crippen LogP contribution in [-0.4, -0.2) is 38.1 Å². The summed E-state index contributed by atoms with van der Waals surface area (Å²) in [6, 6.07) is 2.96. The molecule has 1 aliphatic heterocycles. The fraction of sp³-hybridized carbons (Fsp3) is 0.500. The molecule has 3 N–H and O–H groups in total. The van der Waals surface area contributed by atoms with Gasteiger partial charge in [-0.15, -0.1) is 0 Å². The molecule has 0 spiro atoms. The van der Waals surface area contributed by atoms with Crippen molar-refractivity contribution in [3.63, 3.8) is 0 Å². The van der Waals surface area contributed by atoms with Gasteiger partial charge in [-0.2, -0.15) is 0 Å². The van der Waals surface area contributed by atoms with Gasteiger partial charge in [0.25, 0.3) is 0 Å². The molecule has 1 saturated heterocycles. The lowest BCUT2D eigenvalue weighted by Crippen LogP contribution is -2.32. The second-order valence-electron chi connectivity index (χ2n) is 4.65. The van der Waals surface area contributed by atoms with Gasteiger partial charge >= 0.3 is 0 Å². The second-order valence-corrected chi connectivity index (χ2v) is 6.86. The molecule has 1 aromatic heterocycles. The first-order valence-corrected chi connectivity index (χ1v) is 8.21. The van der Waals surface area contributed by atoms with Crippen molar-refractivity contribution in [1.82, 2.24) is 9.71 Å². The third kappa shape index (κ3) is 3.95. The van der Waals surface area contributed by atoms with E-state index in [4.69, 9.17) is 22.7 Å². The van der Waals surface area contributed by atoms with Gasteiger partial charge in [0.15, 0.2) is 0 Å². The average Bonchev–Trinajstić information content (AvgIpc) is 2.46. The summed E-state index contributed by atoms with van der Waals surface area (Å²) in [4.78, 5) is 4.19. The zero-order valence-electron chi connectivity index (χ0n) is 10.9. The Morgan fingerprint density at radius 1 is 1.45 bits per heavy atom. The lowest BCUT2D eigenvalue weighted by atomic mass is 10.0. The Kier molecular flexibility index (Phi) is 5.03. The molecule has 110 valence electrons. The van der Waals surface area contributed by atoms with Crippen LogP contribution in [-0.2, 0) is 14.8 Å². The number of nitrogens with two attached hydrogens (primary N) is 1. The molecule has 2 rings (SSSR count). The van der Waals surface area contributed by atoms with E-state index in [9.17, 15) is 8.42 Å². The molecule has 0 aromatic carbocycles. The summed E-state index contributed by atoms with van der Waals surface area (Å²) in [6.07, 6.45) is 3.02. The molecule has 0 unspecified atom stereocenters. The van der Waals surface area contributed by atoms with Crippen LogP contribution in [0, 0.1) is 5.92 Å². The number of hydrogen-bond donors (Lipinski definition) is 2. The summed E-state index contributed by atoms with van der Waals surface area (Å²) in [5.41, 5.74) is 5.83. The van der Waals surface area contributed by atoms with Crippen molar-refractivity contribution in [2.75, 3.05) is 19.8 Å². The first-order chi connectivity index (χ1) is 9.49. The minimum absolute atomic E-state index is 0.115. The van der Waals surface area contributed by atoms with E-state index in [0.29, 0.717) is 31.4 Å². The first-order valence-electron chi connectivity index (χ1n) is 6.32. The van der Waals surface area contributed by atoms with E-state index in [2.05, 4.69) is 9.71 Å². The molecule has 1 aliphatic rings. The van der Waals surface area contributed by atoms with E-state index in [1.54, 1.807) is 0 Å². The van der Waals surface area contributed by atoms with Crippen molar-refractivity contribution in [3.8, 4) is 0 Å². The summed E-state index contributed by atoms with van der Waals surface area (Å²) in [5.74, 6) is 0.322. The number of ether oxygens (including phenoxy) is 1. The van der Waals surface area contributed by atoms with Crippen LogP contribution in [0.15, 0.2) is 23.2 Å². The van der Waals surface area contributed by atoms with Gasteiger partial charge in [0.05, 0.1) is 5.69 Å². The van der Waals surface area contributed by atoms with Crippen molar-refractivity contribution in [2.45, 2.75) is 17.7 Å². The zero-order chi connectivity index (χ0) is 14.6. The summed E-state index contributed by atoms with van der Waals surface area (Å²) in [6.45, 7) is 1.80. The Morgan fingerprint density at radius 3 is 2.70 bits per heavy atom. The molecule has 0 atom stereocenters. The van der Waals surface area contributed by atoms with Gasteiger partial charge in [-0.25, -0.2) is 13.1 Å². The molecule has 2 heterocycles. The molecule has 1 aromatic rings. The largest absolute Gasteiger partial charge is 0.388 e. The van der Waals surface area contributed by atoms with E-state index in [0.717, 1.165) is 12.8 Å². The van der Waals surface area contributed by atoms with Crippen LogP contribution < -0.4 is 10.5 Å². The SMILES string of the molecule is NC(=S)c1ccc(S(=O)(=O)NCC2CCOCC2)cn1. The zero-order valence-corrected chi connectivity index (χ0v) is 12.5. The van der Waals surface area contributed by atoms with Gasteiger partial charge in [-0.1, -0.05) is 12.2 Å². The van der Waals surface area contributed by atoms with Crippen molar-refractivity contribution in [1.29, 1.82) is 0 Å². The number of sulfonamides is 1. The smallest absolute Gasteiger partial charge is 0.242 e. The number of rotatable bonds is 5. The lowest BCUT2D eigenvalue weighted by molar-refractivity contribution is 0.0678. The average molecular weight is 315 g/mol. The Balaban J connectivity index is 2.00. The quantitative estimate of drug-likeness (QED) is 0.765. The highest BCUT2D eigenvalue weighted by Crippen LogP contribution is 2.15. The number of nitrogens with zero attached hydrogens (tertiary/aromatic N) is 1. The third-order valence-electron chi connectivity index (χ3n) is 3.20. The van der Waals surface area contributed by atoms with Crippen LogP contribution in [0.5, 0.6) is 0 Å². The highest BCUT2D eigenvalue weighted by Gasteiger charge is 2.19. The van der Waals surface area contributed by atoms with Gasteiger partial charge in [-0.05, 0) is 30.9 Å². The van der Waals surface area contributed by atoms with Gasteiger partial charge in [0.2, 0.25) is 10.0 Å². The predicted octanol–water partition coefficient (Wildman–Crippen LogP) is 0.421. The second kappa shape index (κ2) is 6.57. The van der Waals surface area contributed by atoms with E-state index >= 15 is 0 Å². The fourth-order valence-electron chi connectivity index (χ4n) is 1.95. The summed E-state index contributed by atoms with van der Waals surface area (Å²) >= 11 is 4.77. The number of aromatic nitrogens is 1. The first kappa shape index (κ1) is 15.3. The maximum absolute atomic E-state index is 12.1. The van der Waals surface area contributed by atoms with E-state index in [1.807, 2.05) is 0 Å². The summed E-state index contributed by atoms with van der Waals surface area (Å²) in [7, 11) is -3.54. The molecule has 0 amide bonds. The van der Waals surface area contributed by atoms with Crippen LogP contribution in [0.4, 0.5) is 0 Å². The third-order valence-corrected chi connectivity index (χ3v) is 4.82. The van der Waals surface area contributed by atoms with Gasteiger partial charge in [0.1, 0.15) is 9.88 Å². The monoisotopic (exact) mass is 315 g/mol. The predicted molar refractivity (Wildman–Crippen MR) is 78.9 cm³/mol. The maximum Gasteiger partial charge on any atom is 0.242 e. The Hall–Kier alpha value is -1.09. The van der Waals surface area contributed by atoms with Crippen molar-refractivity contribution in [3.05, 3.63) is 24.0 Å². The molecule has 0 saturated carbocycles. The Labute approximate surface area is 123 Å². The normalized spacial score (nSPS) is 17.0. The highest BCUT2D eigenvalue weighted by molar-refractivity contribution is 7.89. The number of pyridine rings is 1. The van der Waals surface area contributed by atoms with Gasteiger partial charge in [-0.3, -0.25) is 4.98 Å². The van der Waals surface area contributed by atoms with Gasteiger partial charge in [0, 0.05) is 26.0 Å². The van der Waals surface area contributed by atoms with Crippen LogP contribution in [0.3, 0.4) is 0 Å².